The van der Waals surface area contributed by atoms with Crippen molar-refractivity contribution in [1.29, 1.82) is 0 Å². The Morgan fingerprint density at radius 3 is 2.88 bits per heavy atom. The predicted octanol–water partition coefficient (Wildman–Crippen LogP) is 2.21. The molecule has 0 fully saturated rings. The van der Waals surface area contributed by atoms with Crippen LogP contribution in [0.3, 0.4) is 0 Å². The molecule has 2 aliphatic heterocycles. The number of amides is 2. The van der Waals surface area contributed by atoms with E-state index in [1.807, 2.05) is 18.2 Å². The number of rotatable bonds is 3. The maximum atomic E-state index is 13.4. The molecule has 2 heterocycles. The lowest BCUT2D eigenvalue weighted by Crippen LogP contribution is -2.43. The highest BCUT2D eigenvalue weighted by molar-refractivity contribution is 6.01. The van der Waals surface area contributed by atoms with E-state index in [1.165, 1.54) is 18.2 Å². The first kappa shape index (κ1) is 16.4. The summed E-state index contributed by atoms with van der Waals surface area (Å²) in [5.74, 6) is -0.414. The molecule has 4 rings (SSSR count). The van der Waals surface area contributed by atoms with Crippen molar-refractivity contribution in [2.75, 3.05) is 18.5 Å². The van der Waals surface area contributed by atoms with Gasteiger partial charge in [0.1, 0.15) is 18.5 Å². The van der Waals surface area contributed by atoms with Crippen molar-refractivity contribution in [3.8, 4) is 11.5 Å². The molecule has 2 aliphatic rings. The first-order chi connectivity index (χ1) is 12.6. The molecule has 2 N–H and O–H groups in total. The molecule has 0 aromatic heterocycles. The second-order valence-electron chi connectivity index (χ2n) is 6.28. The molecule has 0 aliphatic carbocycles. The highest BCUT2D eigenvalue weighted by Crippen LogP contribution is 2.33. The Morgan fingerprint density at radius 1 is 1.23 bits per heavy atom. The highest BCUT2D eigenvalue weighted by atomic mass is 19.1. The molecule has 0 radical (unpaired) electrons. The second-order valence-corrected chi connectivity index (χ2v) is 6.28. The van der Waals surface area contributed by atoms with Gasteiger partial charge < -0.3 is 20.1 Å². The average Bonchev–Trinajstić information content (AvgIpc) is 2.65. The molecule has 134 valence electrons. The molecule has 2 aromatic carbocycles. The number of hydrogen-bond donors (Lipinski definition) is 2. The van der Waals surface area contributed by atoms with Gasteiger partial charge in [0.25, 0.3) is 0 Å². The van der Waals surface area contributed by atoms with Crippen molar-refractivity contribution in [3.05, 3.63) is 53.8 Å². The summed E-state index contributed by atoms with van der Waals surface area (Å²) in [5.41, 5.74) is 0.947. The van der Waals surface area contributed by atoms with E-state index in [1.54, 1.807) is 6.07 Å². The van der Waals surface area contributed by atoms with Gasteiger partial charge in [0.05, 0.1) is 12.5 Å². The zero-order valence-electron chi connectivity index (χ0n) is 13.8. The number of halogens is 1. The third-order valence-corrected chi connectivity index (χ3v) is 4.44. The van der Waals surface area contributed by atoms with E-state index >= 15 is 0 Å². The van der Waals surface area contributed by atoms with Gasteiger partial charge in [0.2, 0.25) is 11.8 Å². The van der Waals surface area contributed by atoms with Crippen molar-refractivity contribution in [1.82, 2.24) is 5.32 Å². The first-order valence-electron chi connectivity index (χ1n) is 8.35. The molecular formula is C19H17FN2O4. The van der Waals surface area contributed by atoms with E-state index in [0.29, 0.717) is 29.4 Å². The number of carbonyl (C=O) groups excluding carboxylic acids is 2. The molecule has 26 heavy (non-hydrogen) atoms. The maximum Gasteiger partial charge on any atom is 0.228 e. The summed E-state index contributed by atoms with van der Waals surface area (Å²) in [6.45, 7) is 0.575. The Bertz CT molecular complexity index is 870. The molecule has 0 spiro atoms. The molecule has 7 heteroatoms. The van der Waals surface area contributed by atoms with Crippen LogP contribution >= 0.6 is 0 Å². The van der Waals surface area contributed by atoms with E-state index < -0.39 is 11.7 Å². The smallest absolute Gasteiger partial charge is 0.228 e. The zero-order chi connectivity index (χ0) is 18.1. The Morgan fingerprint density at radius 2 is 2.04 bits per heavy atom. The molecule has 0 saturated carbocycles. The molecule has 2 atom stereocenters. The highest BCUT2D eigenvalue weighted by Gasteiger charge is 2.31. The van der Waals surface area contributed by atoms with Crippen molar-refractivity contribution in [2.45, 2.75) is 18.4 Å². The minimum atomic E-state index is -0.656. The normalized spacial score (nSPS) is 20.7. The zero-order valence-corrected chi connectivity index (χ0v) is 13.8. The lowest BCUT2D eigenvalue weighted by atomic mass is 9.89. The number of fused-ring (bicyclic) bond motifs is 2. The van der Waals surface area contributed by atoms with Gasteiger partial charge in [-0.15, -0.1) is 0 Å². The third kappa shape index (κ3) is 3.20. The van der Waals surface area contributed by atoms with Crippen LogP contribution in [0.25, 0.3) is 0 Å². The van der Waals surface area contributed by atoms with Gasteiger partial charge in [-0.2, -0.15) is 0 Å². The van der Waals surface area contributed by atoms with Crippen LogP contribution < -0.4 is 20.1 Å². The van der Waals surface area contributed by atoms with Gasteiger partial charge in [-0.3, -0.25) is 9.59 Å². The molecular weight excluding hydrogens is 339 g/mol. The van der Waals surface area contributed by atoms with Crippen molar-refractivity contribution < 1.29 is 23.5 Å². The van der Waals surface area contributed by atoms with Crippen LogP contribution in [0.15, 0.2) is 42.5 Å². The lowest BCUT2D eigenvalue weighted by molar-refractivity contribution is -0.126. The van der Waals surface area contributed by atoms with E-state index in [2.05, 4.69) is 10.6 Å². The summed E-state index contributed by atoms with van der Waals surface area (Å²) in [6.07, 6.45) is -0.297. The number of ether oxygens (including phenoxy) is 2. The Hall–Kier alpha value is -3.09. The van der Waals surface area contributed by atoms with Crippen LogP contribution in [-0.2, 0) is 9.59 Å². The Kier molecular flexibility index (Phi) is 4.20. The fraction of sp³-hybridized carbons (Fsp3) is 0.263. The molecule has 0 bridgehead atoms. The van der Waals surface area contributed by atoms with Crippen LogP contribution in [0, 0.1) is 5.82 Å². The van der Waals surface area contributed by atoms with Crippen LogP contribution in [0.1, 0.15) is 17.9 Å². The fourth-order valence-corrected chi connectivity index (χ4v) is 3.17. The third-order valence-electron chi connectivity index (χ3n) is 4.44. The quantitative estimate of drug-likeness (QED) is 0.884. The number of nitrogens with one attached hydrogen (secondary N) is 2. The second kappa shape index (κ2) is 6.67. The summed E-state index contributed by atoms with van der Waals surface area (Å²) in [5, 5.41) is 5.41. The number of para-hydroxylation sites is 2. The van der Waals surface area contributed by atoms with Gasteiger partial charge in [-0.1, -0.05) is 18.2 Å². The lowest BCUT2D eigenvalue weighted by Gasteiger charge is -2.28. The van der Waals surface area contributed by atoms with Gasteiger partial charge in [-0.05, 0) is 29.8 Å². The topological polar surface area (TPSA) is 76.7 Å². The molecule has 2 aromatic rings. The van der Waals surface area contributed by atoms with E-state index in [-0.39, 0.29) is 30.9 Å². The van der Waals surface area contributed by atoms with Gasteiger partial charge in [0, 0.05) is 12.1 Å². The van der Waals surface area contributed by atoms with Crippen molar-refractivity contribution in [3.63, 3.8) is 0 Å². The largest absolute Gasteiger partial charge is 0.486 e. The predicted molar refractivity (Wildman–Crippen MR) is 91.8 cm³/mol. The minimum Gasteiger partial charge on any atom is -0.486 e. The number of hydrogen-bond acceptors (Lipinski definition) is 4. The van der Waals surface area contributed by atoms with Gasteiger partial charge >= 0.3 is 0 Å². The van der Waals surface area contributed by atoms with Crippen molar-refractivity contribution >= 4 is 17.5 Å². The Balaban J connectivity index is 1.42. The SMILES string of the molecule is O=C1C[C@@H](C(=O)NC[C@H]2COc3ccccc3O2)c2ccc(F)cc2N1. The fourth-order valence-electron chi connectivity index (χ4n) is 3.17. The Labute approximate surface area is 149 Å². The minimum absolute atomic E-state index is 0.0231. The summed E-state index contributed by atoms with van der Waals surface area (Å²) < 4.78 is 24.8. The monoisotopic (exact) mass is 356 g/mol. The van der Waals surface area contributed by atoms with E-state index in [0.717, 1.165) is 0 Å². The standard InChI is InChI=1S/C19H17FN2O4/c20-11-5-6-13-14(8-18(23)22-15(13)7-11)19(24)21-9-12-10-25-16-3-1-2-4-17(16)26-12/h1-7,12,14H,8-10H2,(H,21,24)(H,22,23)/t12-,14+/m0/s1. The first-order valence-corrected chi connectivity index (χ1v) is 8.35. The summed E-state index contributed by atoms with van der Waals surface area (Å²) in [7, 11) is 0. The van der Waals surface area contributed by atoms with E-state index in [9.17, 15) is 14.0 Å². The maximum absolute atomic E-state index is 13.4. The number of anilines is 1. The molecule has 0 saturated heterocycles. The summed E-state index contributed by atoms with van der Waals surface area (Å²) in [6, 6.07) is 11.4. The summed E-state index contributed by atoms with van der Waals surface area (Å²) in [4.78, 5) is 24.4. The van der Waals surface area contributed by atoms with Crippen LogP contribution in [0.5, 0.6) is 11.5 Å². The number of carbonyl (C=O) groups is 2. The molecule has 0 unspecified atom stereocenters. The van der Waals surface area contributed by atoms with Gasteiger partial charge in [0.15, 0.2) is 11.5 Å². The molecule has 2 amide bonds. The summed E-state index contributed by atoms with van der Waals surface area (Å²) >= 11 is 0. The van der Waals surface area contributed by atoms with Crippen molar-refractivity contribution in [2.24, 2.45) is 0 Å². The van der Waals surface area contributed by atoms with Crippen LogP contribution in [0.2, 0.25) is 0 Å². The average molecular weight is 356 g/mol. The van der Waals surface area contributed by atoms with Crippen LogP contribution in [0.4, 0.5) is 10.1 Å². The van der Waals surface area contributed by atoms with Gasteiger partial charge in [-0.25, -0.2) is 4.39 Å². The van der Waals surface area contributed by atoms with E-state index in [4.69, 9.17) is 9.47 Å². The number of benzene rings is 2. The molecule has 6 nitrogen and oxygen atoms in total. The van der Waals surface area contributed by atoms with Crippen LogP contribution in [-0.4, -0.2) is 31.1 Å².